The highest BCUT2D eigenvalue weighted by Gasteiger charge is 2.06. The SMILES string of the molecule is C=CCNC(=O)c1cnc(Nc2ccc(C)cc2C)nc1. The van der Waals surface area contributed by atoms with Gasteiger partial charge in [-0.15, -0.1) is 6.58 Å². The van der Waals surface area contributed by atoms with Crippen molar-refractivity contribution in [2.24, 2.45) is 0 Å². The van der Waals surface area contributed by atoms with Crippen LogP contribution < -0.4 is 10.6 Å². The molecule has 2 rings (SSSR count). The van der Waals surface area contributed by atoms with Crippen molar-refractivity contribution in [3.63, 3.8) is 0 Å². The third-order valence-corrected chi connectivity index (χ3v) is 2.95. The Morgan fingerprint density at radius 2 is 2.00 bits per heavy atom. The third-order valence-electron chi connectivity index (χ3n) is 2.95. The average Bonchev–Trinajstić information content (AvgIpc) is 2.48. The van der Waals surface area contributed by atoms with Gasteiger partial charge in [0.1, 0.15) is 0 Å². The van der Waals surface area contributed by atoms with Crippen LogP contribution in [0.4, 0.5) is 11.6 Å². The predicted octanol–water partition coefficient (Wildman–Crippen LogP) is 2.75. The van der Waals surface area contributed by atoms with E-state index in [0.29, 0.717) is 18.1 Å². The fourth-order valence-electron chi connectivity index (χ4n) is 1.85. The van der Waals surface area contributed by atoms with E-state index in [4.69, 9.17) is 0 Å². The molecule has 1 heterocycles. The van der Waals surface area contributed by atoms with Crippen LogP contribution in [0.1, 0.15) is 21.5 Å². The highest BCUT2D eigenvalue weighted by molar-refractivity contribution is 5.93. The lowest BCUT2D eigenvalue weighted by atomic mass is 10.1. The van der Waals surface area contributed by atoms with Crippen molar-refractivity contribution in [2.75, 3.05) is 11.9 Å². The summed E-state index contributed by atoms with van der Waals surface area (Å²) in [6.07, 6.45) is 4.61. The molecule has 0 spiro atoms. The molecule has 5 heteroatoms. The second-order valence-corrected chi connectivity index (χ2v) is 4.74. The van der Waals surface area contributed by atoms with Crippen LogP contribution in [-0.4, -0.2) is 22.4 Å². The van der Waals surface area contributed by atoms with Crippen LogP contribution in [0, 0.1) is 13.8 Å². The molecule has 5 nitrogen and oxygen atoms in total. The smallest absolute Gasteiger partial charge is 0.254 e. The van der Waals surface area contributed by atoms with Gasteiger partial charge in [-0.2, -0.15) is 0 Å². The van der Waals surface area contributed by atoms with Crippen molar-refractivity contribution in [1.82, 2.24) is 15.3 Å². The van der Waals surface area contributed by atoms with Gasteiger partial charge in [0.25, 0.3) is 5.91 Å². The number of benzene rings is 1. The van der Waals surface area contributed by atoms with E-state index in [9.17, 15) is 4.79 Å². The molecule has 1 amide bonds. The van der Waals surface area contributed by atoms with Crippen molar-refractivity contribution in [2.45, 2.75) is 13.8 Å². The molecular formula is C16H18N4O. The first-order valence-electron chi connectivity index (χ1n) is 6.65. The maximum atomic E-state index is 11.7. The van der Waals surface area contributed by atoms with Gasteiger partial charge in [0.2, 0.25) is 5.95 Å². The van der Waals surface area contributed by atoms with Gasteiger partial charge in [-0.05, 0) is 25.5 Å². The normalized spacial score (nSPS) is 10.0. The van der Waals surface area contributed by atoms with Crippen LogP contribution in [0.3, 0.4) is 0 Å². The van der Waals surface area contributed by atoms with E-state index in [2.05, 4.69) is 33.2 Å². The van der Waals surface area contributed by atoms with Crippen molar-refractivity contribution >= 4 is 17.5 Å². The summed E-state index contributed by atoms with van der Waals surface area (Å²) in [6, 6.07) is 6.09. The monoisotopic (exact) mass is 282 g/mol. The zero-order valence-electron chi connectivity index (χ0n) is 12.2. The third kappa shape index (κ3) is 3.89. The molecule has 21 heavy (non-hydrogen) atoms. The zero-order chi connectivity index (χ0) is 15.2. The Morgan fingerprint density at radius 1 is 1.29 bits per heavy atom. The van der Waals surface area contributed by atoms with Gasteiger partial charge in [0, 0.05) is 24.6 Å². The Labute approximate surface area is 124 Å². The molecule has 2 N–H and O–H groups in total. The van der Waals surface area contributed by atoms with Crippen LogP contribution in [0.5, 0.6) is 0 Å². The summed E-state index contributed by atoms with van der Waals surface area (Å²) >= 11 is 0. The summed E-state index contributed by atoms with van der Waals surface area (Å²) in [4.78, 5) is 20.0. The molecule has 0 fully saturated rings. The van der Waals surface area contributed by atoms with Gasteiger partial charge >= 0.3 is 0 Å². The summed E-state index contributed by atoms with van der Waals surface area (Å²) in [5, 5.41) is 5.81. The number of aryl methyl sites for hydroxylation is 2. The second-order valence-electron chi connectivity index (χ2n) is 4.74. The number of carbonyl (C=O) groups excluding carboxylic acids is 1. The predicted molar refractivity (Wildman–Crippen MR) is 83.8 cm³/mol. The minimum absolute atomic E-state index is 0.215. The number of hydrogen-bond donors (Lipinski definition) is 2. The van der Waals surface area contributed by atoms with E-state index >= 15 is 0 Å². The van der Waals surface area contributed by atoms with Crippen LogP contribution in [0.15, 0.2) is 43.2 Å². The van der Waals surface area contributed by atoms with Crippen LogP contribution in [-0.2, 0) is 0 Å². The molecule has 0 radical (unpaired) electrons. The topological polar surface area (TPSA) is 66.9 Å². The lowest BCUT2D eigenvalue weighted by molar-refractivity contribution is 0.0957. The molecule has 2 aromatic rings. The standard InChI is InChI=1S/C16H18N4O/c1-4-7-17-15(21)13-9-18-16(19-10-13)20-14-6-5-11(2)8-12(14)3/h4-6,8-10H,1,7H2,2-3H3,(H,17,21)(H,18,19,20). The van der Waals surface area contributed by atoms with Gasteiger partial charge in [0.05, 0.1) is 5.56 Å². The summed E-state index contributed by atoms with van der Waals surface area (Å²) in [5.41, 5.74) is 3.69. The maximum Gasteiger partial charge on any atom is 0.254 e. The van der Waals surface area contributed by atoms with Crippen molar-refractivity contribution in [1.29, 1.82) is 0 Å². The minimum Gasteiger partial charge on any atom is -0.348 e. The van der Waals surface area contributed by atoms with Crippen molar-refractivity contribution in [3.05, 3.63) is 59.9 Å². The van der Waals surface area contributed by atoms with Gasteiger partial charge < -0.3 is 10.6 Å². The molecule has 0 aliphatic carbocycles. The molecule has 0 atom stereocenters. The van der Waals surface area contributed by atoms with E-state index in [1.165, 1.54) is 18.0 Å². The molecule has 0 bridgehead atoms. The summed E-state index contributed by atoms with van der Waals surface area (Å²) in [7, 11) is 0. The molecule has 0 saturated carbocycles. The molecule has 0 saturated heterocycles. The number of carbonyl (C=O) groups is 1. The summed E-state index contributed by atoms with van der Waals surface area (Å²) < 4.78 is 0. The van der Waals surface area contributed by atoms with E-state index in [-0.39, 0.29) is 5.91 Å². The second kappa shape index (κ2) is 6.65. The molecule has 1 aromatic carbocycles. The quantitative estimate of drug-likeness (QED) is 0.827. The fraction of sp³-hybridized carbons (Fsp3) is 0.188. The molecular weight excluding hydrogens is 264 g/mol. The maximum absolute atomic E-state index is 11.7. The number of aromatic nitrogens is 2. The molecule has 108 valence electrons. The van der Waals surface area contributed by atoms with Crippen LogP contribution >= 0.6 is 0 Å². The Balaban J connectivity index is 2.08. The number of hydrogen-bond acceptors (Lipinski definition) is 4. The number of nitrogens with one attached hydrogen (secondary N) is 2. The lowest BCUT2D eigenvalue weighted by Crippen LogP contribution is -2.23. The highest BCUT2D eigenvalue weighted by Crippen LogP contribution is 2.19. The number of nitrogens with zero attached hydrogens (tertiary/aromatic N) is 2. The molecule has 1 aromatic heterocycles. The van der Waals surface area contributed by atoms with Gasteiger partial charge in [-0.1, -0.05) is 23.8 Å². The average molecular weight is 282 g/mol. The summed E-state index contributed by atoms with van der Waals surface area (Å²) in [5.74, 6) is 0.246. The van der Waals surface area contributed by atoms with Crippen molar-refractivity contribution in [3.8, 4) is 0 Å². The number of amides is 1. The van der Waals surface area contributed by atoms with E-state index in [0.717, 1.165) is 11.3 Å². The Kier molecular flexibility index (Phi) is 4.66. The number of rotatable bonds is 5. The van der Waals surface area contributed by atoms with Gasteiger partial charge in [-0.3, -0.25) is 4.79 Å². The Morgan fingerprint density at radius 3 is 2.62 bits per heavy atom. The first kappa shape index (κ1) is 14.7. The fourth-order valence-corrected chi connectivity index (χ4v) is 1.85. The first-order valence-corrected chi connectivity index (χ1v) is 6.65. The van der Waals surface area contributed by atoms with Crippen molar-refractivity contribution < 1.29 is 4.79 Å². The van der Waals surface area contributed by atoms with Gasteiger partial charge in [0.15, 0.2) is 0 Å². The van der Waals surface area contributed by atoms with E-state index in [1.807, 2.05) is 26.0 Å². The molecule has 0 aliphatic rings. The largest absolute Gasteiger partial charge is 0.348 e. The first-order chi connectivity index (χ1) is 10.1. The van der Waals surface area contributed by atoms with E-state index in [1.54, 1.807) is 6.08 Å². The van der Waals surface area contributed by atoms with Crippen LogP contribution in [0.25, 0.3) is 0 Å². The highest BCUT2D eigenvalue weighted by atomic mass is 16.1. The Hall–Kier alpha value is -2.69. The minimum atomic E-state index is -0.215. The molecule has 0 aliphatic heterocycles. The Bertz CT molecular complexity index is 650. The van der Waals surface area contributed by atoms with Gasteiger partial charge in [-0.25, -0.2) is 9.97 Å². The molecule has 0 unspecified atom stereocenters. The summed E-state index contributed by atoms with van der Waals surface area (Å²) in [6.45, 7) is 8.03. The number of anilines is 2. The van der Waals surface area contributed by atoms with Crippen LogP contribution in [0.2, 0.25) is 0 Å². The van der Waals surface area contributed by atoms with E-state index < -0.39 is 0 Å². The lowest BCUT2D eigenvalue weighted by Gasteiger charge is -2.09. The zero-order valence-corrected chi connectivity index (χ0v) is 12.2.